The maximum atomic E-state index is 12.7. The predicted octanol–water partition coefficient (Wildman–Crippen LogP) is 2.13. The number of fused-ring (bicyclic) bond motifs is 1. The Bertz CT molecular complexity index is 897. The summed E-state index contributed by atoms with van der Waals surface area (Å²) >= 11 is 0. The summed E-state index contributed by atoms with van der Waals surface area (Å²) in [5, 5.41) is 3.04. The van der Waals surface area contributed by atoms with Crippen LogP contribution in [0.4, 0.5) is 0 Å². The van der Waals surface area contributed by atoms with Gasteiger partial charge in [-0.25, -0.2) is 0 Å². The Labute approximate surface area is 189 Å². The second-order valence-electron chi connectivity index (χ2n) is 7.98. The highest BCUT2D eigenvalue weighted by Crippen LogP contribution is 2.32. The maximum absolute atomic E-state index is 12.7. The van der Waals surface area contributed by atoms with Crippen LogP contribution in [0.3, 0.4) is 0 Å². The number of carbonyl (C=O) groups is 1. The molecule has 2 aliphatic heterocycles. The van der Waals surface area contributed by atoms with Gasteiger partial charge in [0.05, 0.1) is 13.2 Å². The van der Waals surface area contributed by atoms with E-state index in [0.29, 0.717) is 13.2 Å². The minimum absolute atomic E-state index is 0.0407. The minimum atomic E-state index is -0.165. The third kappa shape index (κ3) is 5.63. The van der Waals surface area contributed by atoms with Gasteiger partial charge in [0.2, 0.25) is 12.7 Å². The van der Waals surface area contributed by atoms with E-state index >= 15 is 0 Å². The van der Waals surface area contributed by atoms with E-state index in [1.807, 2.05) is 49.4 Å². The number of carbonyl (C=O) groups excluding carboxylic acids is 1. The molecule has 0 aliphatic carbocycles. The van der Waals surface area contributed by atoms with E-state index in [2.05, 4.69) is 15.1 Å². The van der Waals surface area contributed by atoms with Crippen LogP contribution in [0.1, 0.15) is 12.5 Å². The molecular formula is C24H31N3O5. The van der Waals surface area contributed by atoms with Crippen molar-refractivity contribution in [2.24, 2.45) is 0 Å². The van der Waals surface area contributed by atoms with Gasteiger partial charge < -0.3 is 24.3 Å². The zero-order chi connectivity index (χ0) is 22.3. The van der Waals surface area contributed by atoms with Gasteiger partial charge in [0.15, 0.2) is 11.5 Å². The van der Waals surface area contributed by atoms with Gasteiger partial charge in [-0.15, -0.1) is 0 Å². The number of nitrogens with zero attached hydrogens (tertiary/aromatic N) is 2. The fourth-order valence-corrected chi connectivity index (χ4v) is 3.89. The normalized spacial score (nSPS) is 17.1. The number of methoxy groups -OCH3 is 1. The van der Waals surface area contributed by atoms with Crippen LogP contribution in [0.5, 0.6) is 23.0 Å². The first-order valence-corrected chi connectivity index (χ1v) is 11.0. The number of nitrogens with one attached hydrogen (secondary N) is 1. The summed E-state index contributed by atoms with van der Waals surface area (Å²) in [6.07, 6.45) is 0. The van der Waals surface area contributed by atoms with Gasteiger partial charge in [-0.1, -0.05) is 6.07 Å². The molecule has 0 saturated carbocycles. The molecule has 4 rings (SSSR count). The van der Waals surface area contributed by atoms with Gasteiger partial charge in [-0.05, 0) is 48.9 Å². The molecular weight excluding hydrogens is 410 g/mol. The van der Waals surface area contributed by atoms with Crippen molar-refractivity contribution in [2.45, 2.75) is 19.5 Å². The lowest BCUT2D eigenvalue weighted by Gasteiger charge is -2.37. The molecule has 0 aromatic heterocycles. The van der Waals surface area contributed by atoms with Gasteiger partial charge in [-0.3, -0.25) is 14.6 Å². The number of rotatable bonds is 9. The minimum Gasteiger partial charge on any atom is -0.497 e. The first-order chi connectivity index (χ1) is 15.6. The van der Waals surface area contributed by atoms with Crippen LogP contribution in [0, 0.1) is 0 Å². The summed E-state index contributed by atoms with van der Waals surface area (Å²) in [5.74, 6) is 3.19. The molecule has 32 heavy (non-hydrogen) atoms. The summed E-state index contributed by atoms with van der Waals surface area (Å²) in [7, 11) is 1.65. The summed E-state index contributed by atoms with van der Waals surface area (Å²) in [5.41, 5.74) is 0.997. The molecule has 8 nitrogen and oxygen atoms in total. The molecule has 1 atom stereocenters. The van der Waals surface area contributed by atoms with Crippen molar-refractivity contribution in [3.8, 4) is 23.0 Å². The quantitative estimate of drug-likeness (QED) is 0.639. The lowest BCUT2D eigenvalue weighted by molar-refractivity contribution is -0.126. The molecule has 0 spiro atoms. The van der Waals surface area contributed by atoms with E-state index in [4.69, 9.17) is 18.9 Å². The Kier molecular flexibility index (Phi) is 7.34. The lowest BCUT2D eigenvalue weighted by atomic mass is 10.2. The van der Waals surface area contributed by atoms with E-state index < -0.39 is 0 Å². The molecule has 0 bridgehead atoms. The predicted molar refractivity (Wildman–Crippen MR) is 120 cm³/mol. The number of piperazine rings is 1. The van der Waals surface area contributed by atoms with Crippen LogP contribution in [0.15, 0.2) is 42.5 Å². The number of hydrogen-bond donors (Lipinski definition) is 1. The first kappa shape index (κ1) is 22.2. The molecule has 2 aromatic rings. The molecule has 2 aliphatic rings. The van der Waals surface area contributed by atoms with Crippen LogP contribution in [0.2, 0.25) is 0 Å². The van der Waals surface area contributed by atoms with Crippen molar-refractivity contribution in [2.75, 3.05) is 53.2 Å². The molecule has 1 saturated heterocycles. The van der Waals surface area contributed by atoms with Crippen molar-refractivity contribution >= 4 is 5.91 Å². The average molecular weight is 442 g/mol. The third-order valence-corrected chi connectivity index (χ3v) is 5.97. The van der Waals surface area contributed by atoms with Crippen LogP contribution in [0.25, 0.3) is 0 Å². The number of benzene rings is 2. The number of ether oxygens (including phenoxy) is 4. The van der Waals surface area contributed by atoms with Crippen molar-refractivity contribution in [3.63, 3.8) is 0 Å². The summed E-state index contributed by atoms with van der Waals surface area (Å²) < 4.78 is 21.7. The first-order valence-electron chi connectivity index (χ1n) is 11.0. The van der Waals surface area contributed by atoms with Gasteiger partial charge in [0.1, 0.15) is 18.1 Å². The smallest absolute Gasteiger partial charge is 0.237 e. The Hall–Kier alpha value is -2.97. The lowest BCUT2D eigenvalue weighted by Crippen LogP contribution is -2.54. The monoisotopic (exact) mass is 441 g/mol. The fourth-order valence-electron chi connectivity index (χ4n) is 3.89. The second-order valence-corrected chi connectivity index (χ2v) is 7.98. The third-order valence-electron chi connectivity index (χ3n) is 5.97. The summed E-state index contributed by atoms with van der Waals surface area (Å²) in [6, 6.07) is 13.2. The summed E-state index contributed by atoms with van der Waals surface area (Å²) in [6.45, 7) is 7.77. The molecule has 0 radical (unpaired) electrons. The maximum Gasteiger partial charge on any atom is 0.237 e. The number of hydrogen-bond acceptors (Lipinski definition) is 7. The van der Waals surface area contributed by atoms with Crippen LogP contribution >= 0.6 is 0 Å². The molecule has 1 amide bonds. The Balaban J connectivity index is 1.15. The average Bonchev–Trinajstić information content (AvgIpc) is 3.31. The van der Waals surface area contributed by atoms with E-state index in [0.717, 1.165) is 61.3 Å². The highest BCUT2D eigenvalue weighted by atomic mass is 16.7. The topological polar surface area (TPSA) is 72.5 Å². The zero-order valence-corrected chi connectivity index (χ0v) is 18.7. The van der Waals surface area contributed by atoms with Crippen molar-refractivity contribution < 1.29 is 23.7 Å². The molecule has 8 heteroatoms. The van der Waals surface area contributed by atoms with Gasteiger partial charge in [0.25, 0.3) is 0 Å². The van der Waals surface area contributed by atoms with E-state index in [9.17, 15) is 4.79 Å². The van der Waals surface area contributed by atoms with Gasteiger partial charge in [0, 0.05) is 39.3 Å². The molecule has 1 unspecified atom stereocenters. The fraction of sp³-hybridized carbons (Fsp3) is 0.458. The van der Waals surface area contributed by atoms with Crippen LogP contribution in [-0.2, 0) is 11.3 Å². The summed E-state index contributed by atoms with van der Waals surface area (Å²) in [4.78, 5) is 17.3. The Morgan fingerprint density at radius 3 is 2.50 bits per heavy atom. The Morgan fingerprint density at radius 1 is 1.03 bits per heavy atom. The molecule has 172 valence electrons. The molecule has 1 N–H and O–H groups in total. The zero-order valence-electron chi connectivity index (χ0n) is 18.7. The van der Waals surface area contributed by atoms with Crippen LogP contribution < -0.4 is 24.3 Å². The molecule has 2 heterocycles. The van der Waals surface area contributed by atoms with Crippen molar-refractivity contribution in [1.82, 2.24) is 15.1 Å². The van der Waals surface area contributed by atoms with Crippen molar-refractivity contribution in [1.29, 1.82) is 0 Å². The highest BCUT2D eigenvalue weighted by Gasteiger charge is 2.25. The molecule has 1 fully saturated rings. The SMILES string of the molecule is COc1ccc(OCCN2CCN(C(C)C(=O)NCc3ccc4c(c3)OCO4)CC2)cc1. The van der Waals surface area contributed by atoms with Crippen LogP contribution in [-0.4, -0.2) is 75.0 Å². The second kappa shape index (κ2) is 10.6. The van der Waals surface area contributed by atoms with Crippen molar-refractivity contribution in [3.05, 3.63) is 48.0 Å². The van der Waals surface area contributed by atoms with Gasteiger partial charge in [-0.2, -0.15) is 0 Å². The Morgan fingerprint density at radius 2 is 1.75 bits per heavy atom. The highest BCUT2D eigenvalue weighted by molar-refractivity contribution is 5.81. The van der Waals surface area contributed by atoms with E-state index in [1.165, 1.54) is 0 Å². The van der Waals surface area contributed by atoms with E-state index in [1.54, 1.807) is 7.11 Å². The number of amides is 1. The standard InChI is InChI=1S/C24H31N3O5/c1-18(24(28)25-16-19-3-8-22-23(15-19)32-17-31-22)27-11-9-26(10-12-27)13-14-30-21-6-4-20(29-2)5-7-21/h3-8,15,18H,9-14,16-17H2,1-2H3,(H,25,28). The van der Waals surface area contributed by atoms with Gasteiger partial charge >= 0.3 is 0 Å². The van der Waals surface area contributed by atoms with E-state index in [-0.39, 0.29) is 18.7 Å². The molecule has 2 aromatic carbocycles. The largest absolute Gasteiger partial charge is 0.497 e.